The maximum Gasteiger partial charge on any atom is 0.180 e. The van der Waals surface area contributed by atoms with Crippen LogP contribution in [-0.2, 0) is 27.0 Å². The molecule has 0 aliphatic carbocycles. The van der Waals surface area contributed by atoms with Crippen molar-refractivity contribution in [2.75, 3.05) is 23.0 Å². The van der Waals surface area contributed by atoms with Gasteiger partial charge in [-0.3, -0.25) is 13.8 Å². The van der Waals surface area contributed by atoms with Crippen LogP contribution in [0.3, 0.4) is 0 Å². The third-order valence-corrected chi connectivity index (χ3v) is 7.46. The van der Waals surface area contributed by atoms with Gasteiger partial charge < -0.3 is 0 Å². The molecule has 4 N–H and O–H groups in total. The molecule has 0 fully saturated rings. The molecule has 1 aliphatic rings. The van der Waals surface area contributed by atoms with E-state index >= 15 is 0 Å². The quantitative estimate of drug-likeness (QED) is 0.375. The van der Waals surface area contributed by atoms with Gasteiger partial charge >= 0.3 is 0 Å². The van der Waals surface area contributed by atoms with Crippen LogP contribution in [0.4, 0.5) is 0 Å². The Kier molecular flexibility index (Phi) is 7.86. The van der Waals surface area contributed by atoms with E-state index in [0.717, 1.165) is 12.3 Å². The maximum absolute atomic E-state index is 12.3. The number of amidine groups is 1. The van der Waals surface area contributed by atoms with E-state index in [0.29, 0.717) is 41.7 Å². The zero-order chi connectivity index (χ0) is 19.9. The number of aromatic nitrogens is 4. The number of hydrazine groups is 2. The Morgan fingerprint density at radius 2 is 1.56 bits per heavy atom. The zero-order valence-corrected chi connectivity index (χ0v) is 18.0. The predicted octanol–water partition coefficient (Wildman–Crippen LogP) is 0.0971. The van der Waals surface area contributed by atoms with E-state index in [1.807, 2.05) is 13.8 Å². The maximum atomic E-state index is 12.3. The Balaban J connectivity index is 1.62. The van der Waals surface area contributed by atoms with Gasteiger partial charge in [0.2, 0.25) is 0 Å². The van der Waals surface area contributed by atoms with Crippen LogP contribution >= 0.6 is 0 Å². The molecule has 0 spiro atoms. The highest BCUT2D eigenvalue weighted by molar-refractivity contribution is 7.85. The highest BCUT2D eigenvalue weighted by Crippen LogP contribution is 2.23. The largest absolute Gasteiger partial charge is 0.288 e. The monoisotopic (exact) mass is 418 g/mol. The van der Waals surface area contributed by atoms with E-state index in [9.17, 15) is 8.42 Å². The van der Waals surface area contributed by atoms with Crippen molar-refractivity contribution < 1.29 is 8.42 Å². The van der Waals surface area contributed by atoms with Crippen molar-refractivity contribution >= 4 is 27.4 Å². The summed E-state index contributed by atoms with van der Waals surface area (Å²) in [6.45, 7) is 8.15. The van der Waals surface area contributed by atoms with E-state index in [-0.39, 0.29) is 10.8 Å². The lowest BCUT2D eigenvalue weighted by Crippen LogP contribution is -2.41. The van der Waals surface area contributed by atoms with Gasteiger partial charge in [-0.1, -0.05) is 32.9 Å². The first kappa shape index (κ1) is 21.9. The summed E-state index contributed by atoms with van der Waals surface area (Å²) in [6.07, 6.45) is 2.18. The van der Waals surface area contributed by atoms with Gasteiger partial charge in [0.25, 0.3) is 0 Å². The highest BCUT2D eigenvalue weighted by atomic mass is 32.2. The second-order valence-electron chi connectivity index (χ2n) is 7.88. The van der Waals surface area contributed by atoms with Crippen LogP contribution in [0.5, 0.6) is 0 Å². The van der Waals surface area contributed by atoms with Crippen LogP contribution < -0.4 is 16.5 Å². The minimum absolute atomic E-state index is 0.185. The fourth-order valence-electron chi connectivity index (χ4n) is 2.52. The molecule has 0 aromatic carbocycles. The normalized spacial score (nSPS) is 17.1. The smallest absolute Gasteiger partial charge is 0.180 e. The minimum atomic E-state index is -0.934. The number of nitrogens with one attached hydrogen (secondary N) is 4. The molecule has 0 saturated heterocycles. The molecule has 2 rings (SSSR count). The van der Waals surface area contributed by atoms with Crippen LogP contribution in [0.1, 0.15) is 52.8 Å². The number of aromatic amines is 1. The van der Waals surface area contributed by atoms with Crippen molar-refractivity contribution in [1.82, 2.24) is 37.1 Å². The molecule has 1 aromatic rings. The van der Waals surface area contributed by atoms with Crippen molar-refractivity contribution in [2.24, 2.45) is 10.5 Å². The van der Waals surface area contributed by atoms with E-state index in [1.54, 1.807) is 0 Å². The highest BCUT2D eigenvalue weighted by Gasteiger charge is 2.28. The Hall–Kier alpha value is -1.40. The van der Waals surface area contributed by atoms with Crippen molar-refractivity contribution in [2.45, 2.75) is 52.4 Å². The zero-order valence-electron chi connectivity index (χ0n) is 16.4. The molecular weight excluding hydrogens is 388 g/mol. The average Bonchev–Trinajstić information content (AvgIpc) is 3.32. The summed E-state index contributed by atoms with van der Waals surface area (Å²) < 4.78 is 24.5. The summed E-state index contributed by atoms with van der Waals surface area (Å²) in [5, 5.41) is 18.2. The number of nitrogens with zero attached hydrogens (tertiary/aromatic N) is 4. The lowest BCUT2D eigenvalue weighted by atomic mass is 9.89. The van der Waals surface area contributed by atoms with Crippen LogP contribution in [0.15, 0.2) is 5.10 Å². The van der Waals surface area contributed by atoms with Gasteiger partial charge in [-0.15, -0.1) is 20.8 Å². The molecule has 10 nitrogen and oxygen atoms in total. The van der Waals surface area contributed by atoms with Gasteiger partial charge in [-0.05, 0) is 19.3 Å². The predicted molar refractivity (Wildman–Crippen MR) is 107 cm³/mol. The Labute approximate surface area is 165 Å². The fourth-order valence-corrected chi connectivity index (χ4v) is 5.52. The van der Waals surface area contributed by atoms with E-state index < -0.39 is 21.6 Å². The van der Waals surface area contributed by atoms with Crippen LogP contribution in [0.25, 0.3) is 0 Å². The number of hydrazone groups is 1. The topological polar surface area (TPSA) is 137 Å². The van der Waals surface area contributed by atoms with Crippen molar-refractivity contribution in [3.63, 3.8) is 0 Å². The SMILES string of the molecule is CC(C)(CCS(=O)CCCS(=O)CCC(C)(C)c1nn[nH]n1)C1=NNNN1. The van der Waals surface area contributed by atoms with E-state index in [4.69, 9.17) is 0 Å². The molecule has 1 aliphatic heterocycles. The first-order chi connectivity index (χ1) is 12.7. The second-order valence-corrected chi connectivity index (χ2v) is 11.3. The van der Waals surface area contributed by atoms with Gasteiger partial charge in [-0.2, -0.15) is 5.21 Å². The number of H-pyrrole nitrogens is 1. The third-order valence-electron chi connectivity index (χ3n) is 4.65. The lowest BCUT2D eigenvalue weighted by Gasteiger charge is -2.23. The van der Waals surface area contributed by atoms with Gasteiger partial charge in [0, 0.05) is 55.4 Å². The molecule has 27 heavy (non-hydrogen) atoms. The fraction of sp³-hybridized carbons (Fsp3) is 0.867. The van der Waals surface area contributed by atoms with Gasteiger partial charge in [-0.25, -0.2) is 5.53 Å². The Morgan fingerprint density at radius 3 is 2.07 bits per heavy atom. The molecule has 2 atom stereocenters. The number of rotatable bonds is 12. The summed E-state index contributed by atoms with van der Waals surface area (Å²) in [5.41, 5.74) is 7.86. The Morgan fingerprint density at radius 1 is 0.926 bits per heavy atom. The van der Waals surface area contributed by atoms with Crippen molar-refractivity contribution in [3.05, 3.63) is 5.82 Å². The molecule has 2 heterocycles. The molecule has 0 radical (unpaired) electrons. The molecule has 154 valence electrons. The van der Waals surface area contributed by atoms with Crippen LogP contribution in [0, 0.1) is 5.41 Å². The van der Waals surface area contributed by atoms with Gasteiger partial charge in [0.05, 0.1) is 0 Å². The Bertz CT molecular complexity index is 675. The summed E-state index contributed by atoms with van der Waals surface area (Å²) in [6, 6.07) is 0. The molecule has 0 saturated carbocycles. The molecule has 12 heteroatoms. The van der Waals surface area contributed by atoms with E-state index in [2.05, 4.69) is 56.1 Å². The second kappa shape index (κ2) is 9.69. The summed E-state index contributed by atoms with van der Waals surface area (Å²) in [5.74, 6) is 3.77. The van der Waals surface area contributed by atoms with Gasteiger partial charge in [0.15, 0.2) is 5.82 Å². The number of tetrazole rings is 1. The van der Waals surface area contributed by atoms with Crippen LogP contribution in [-0.4, -0.2) is 57.9 Å². The van der Waals surface area contributed by atoms with Crippen molar-refractivity contribution in [3.8, 4) is 0 Å². The van der Waals surface area contributed by atoms with Crippen LogP contribution in [0.2, 0.25) is 0 Å². The standard InChI is InChI=1S/C15H30N8O2S2/c1-14(2,12-16-20-21-17-12)6-10-26(24)8-5-9-27(25)11-7-15(3,4)13-18-22-23-19-13/h20-21H,5-11H2,1-4H3,(H,16,17)(H,18,19,22,23). The minimum Gasteiger partial charge on any atom is -0.288 e. The summed E-state index contributed by atoms with van der Waals surface area (Å²) in [7, 11) is -1.85. The summed E-state index contributed by atoms with van der Waals surface area (Å²) in [4.78, 5) is 0. The third kappa shape index (κ3) is 6.92. The van der Waals surface area contributed by atoms with Gasteiger partial charge in [0.1, 0.15) is 5.84 Å². The number of hydrogen-bond acceptors (Lipinski definition) is 9. The lowest BCUT2D eigenvalue weighted by molar-refractivity contribution is 0.474. The molecule has 0 bridgehead atoms. The molecule has 2 unspecified atom stereocenters. The van der Waals surface area contributed by atoms with Crippen molar-refractivity contribution in [1.29, 1.82) is 0 Å². The van der Waals surface area contributed by atoms with E-state index in [1.165, 1.54) is 0 Å². The summed E-state index contributed by atoms with van der Waals surface area (Å²) >= 11 is 0. The first-order valence-electron chi connectivity index (χ1n) is 8.99. The first-order valence-corrected chi connectivity index (χ1v) is 12.0. The molecular formula is C15H30N8O2S2. The molecule has 0 amide bonds. The molecule has 1 aromatic heterocycles. The number of hydrogen-bond donors (Lipinski definition) is 4. The average molecular weight is 419 g/mol.